The summed E-state index contributed by atoms with van der Waals surface area (Å²) in [5, 5.41) is 18.6. The molecule has 98 valence electrons. The molecule has 0 saturated heterocycles. The standard InChI is InChI=1S/C15H11N3OS/c19-12-7-3-1-5-10(12)15-17-16-14-9-20-13-8-4-2-6-11(13)18(14)15/h1-8,19H,9H2. The van der Waals surface area contributed by atoms with Gasteiger partial charge in [0.15, 0.2) is 5.82 Å². The Morgan fingerprint density at radius 2 is 1.80 bits per heavy atom. The molecular formula is C15H11N3OS. The Morgan fingerprint density at radius 3 is 2.70 bits per heavy atom. The number of aromatic hydroxyl groups is 1. The molecule has 4 rings (SSSR count). The van der Waals surface area contributed by atoms with E-state index in [2.05, 4.69) is 22.3 Å². The molecule has 5 heteroatoms. The maximum absolute atomic E-state index is 10.0. The first-order valence-corrected chi connectivity index (χ1v) is 7.28. The number of fused-ring (bicyclic) bond motifs is 3. The number of hydrogen-bond donors (Lipinski definition) is 1. The second-order valence-electron chi connectivity index (χ2n) is 4.55. The zero-order valence-corrected chi connectivity index (χ0v) is 11.3. The van der Waals surface area contributed by atoms with Crippen LogP contribution in [0.15, 0.2) is 53.4 Å². The van der Waals surface area contributed by atoms with E-state index in [9.17, 15) is 5.11 Å². The van der Waals surface area contributed by atoms with Crippen molar-refractivity contribution in [3.63, 3.8) is 0 Å². The number of phenols is 1. The molecule has 0 atom stereocenters. The van der Waals surface area contributed by atoms with Crippen molar-refractivity contribution in [3.05, 3.63) is 54.4 Å². The summed E-state index contributed by atoms with van der Waals surface area (Å²) in [6.45, 7) is 0. The van der Waals surface area contributed by atoms with Crippen LogP contribution in [0, 0.1) is 0 Å². The molecule has 1 N–H and O–H groups in total. The first-order chi connectivity index (χ1) is 9.84. The Hall–Kier alpha value is -2.27. The number of thioether (sulfide) groups is 1. The van der Waals surface area contributed by atoms with Gasteiger partial charge in [0.25, 0.3) is 0 Å². The number of phenolic OH excluding ortho intramolecular Hbond substituents is 1. The third-order valence-electron chi connectivity index (χ3n) is 3.34. The predicted molar refractivity (Wildman–Crippen MR) is 78.0 cm³/mol. The number of rotatable bonds is 1. The second-order valence-corrected chi connectivity index (χ2v) is 5.57. The van der Waals surface area contributed by atoms with Crippen molar-refractivity contribution in [3.8, 4) is 22.8 Å². The van der Waals surface area contributed by atoms with Crippen LogP contribution in [0.2, 0.25) is 0 Å². The van der Waals surface area contributed by atoms with Gasteiger partial charge in [-0.3, -0.25) is 4.57 Å². The Labute approximate surface area is 120 Å². The van der Waals surface area contributed by atoms with Crippen molar-refractivity contribution in [2.75, 3.05) is 0 Å². The third kappa shape index (κ3) is 1.63. The molecule has 0 unspecified atom stereocenters. The highest BCUT2D eigenvalue weighted by molar-refractivity contribution is 7.98. The van der Waals surface area contributed by atoms with Crippen LogP contribution in [0.4, 0.5) is 0 Å². The molecule has 1 aliphatic rings. The van der Waals surface area contributed by atoms with Gasteiger partial charge in [0.1, 0.15) is 11.6 Å². The molecule has 20 heavy (non-hydrogen) atoms. The summed E-state index contributed by atoms with van der Waals surface area (Å²) in [7, 11) is 0. The molecule has 4 nitrogen and oxygen atoms in total. The van der Waals surface area contributed by atoms with Crippen molar-refractivity contribution in [2.45, 2.75) is 10.6 Å². The Balaban J connectivity index is 1.99. The van der Waals surface area contributed by atoms with Crippen molar-refractivity contribution >= 4 is 11.8 Å². The molecule has 2 heterocycles. The van der Waals surface area contributed by atoms with E-state index in [1.165, 1.54) is 4.90 Å². The summed E-state index contributed by atoms with van der Waals surface area (Å²) >= 11 is 1.76. The smallest absolute Gasteiger partial charge is 0.172 e. The Morgan fingerprint density at radius 1 is 1.00 bits per heavy atom. The molecule has 1 aliphatic heterocycles. The van der Waals surface area contributed by atoms with Gasteiger partial charge in [-0.2, -0.15) is 0 Å². The predicted octanol–water partition coefficient (Wildman–Crippen LogP) is 3.25. The van der Waals surface area contributed by atoms with Gasteiger partial charge >= 0.3 is 0 Å². The zero-order chi connectivity index (χ0) is 13.5. The van der Waals surface area contributed by atoms with Gasteiger partial charge in [-0.25, -0.2) is 0 Å². The van der Waals surface area contributed by atoms with Crippen LogP contribution in [0.5, 0.6) is 5.75 Å². The van der Waals surface area contributed by atoms with Gasteiger partial charge in [-0.15, -0.1) is 22.0 Å². The van der Waals surface area contributed by atoms with Gasteiger partial charge in [0.05, 0.1) is 17.0 Å². The molecule has 0 amide bonds. The molecule has 0 spiro atoms. The summed E-state index contributed by atoms with van der Waals surface area (Å²) in [5.41, 5.74) is 1.77. The summed E-state index contributed by atoms with van der Waals surface area (Å²) in [5.74, 6) is 2.61. The van der Waals surface area contributed by atoms with Crippen molar-refractivity contribution in [1.29, 1.82) is 0 Å². The van der Waals surface area contributed by atoms with Gasteiger partial charge in [-0.05, 0) is 24.3 Å². The van der Waals surface area contributed by atoms with Gasteiger partial charge in [0, 0.05) is 4.90 Å². The summed E-state index contributed by atoms with van der Waals surface area (Å²) in [6, 6.07) is 15.4. The molecule has 3 aromatic rings. The first-order valence-electron chi connectivity index (χ1n) is 6.29. The summed E-state index contributed by atoms with van der Waals surface area (Å²) < 4.78 is 2.03. The lowest BCUT2D eigenvalue weighted by Gasteiger charge is -2.18. The first kappa shape index (κ1) is 11.5. The fourth-order valence-corrected chi connectivity index (χ4v) is 3.36. The van der Waals surface area contributed by atoms with E-state index >= 15 is 0 Å². The zero-order valence-electron chi connectivity index (χ0n) is 10.5. The van der Waals surface area contributed by atoms with Crippen molar-refractivity contribution in [1.82, 2.24) is 14.8 Å². The number of aromatic nitrogens is 3. The van der Waals surface area contributed by atoms with E-state index in [1.807, 2.05) is 28.8 Å². The average Bonchev–Trinajstić information content (AvgIpc) is 2.92. The minimum Gasteiger partial charge on any atom is -0.507 e. The van der Waals surface area contributed by atoms with Crippen molar-refractivity contribution < 1.29 is 5.11 Å². The normalized spacial score (nSPS) is 12.8. The van der Waals surface area contributed by atoms with Gasteiger partial charge < -0.3 is 5.11 Å². The largest absolute Gasteiger partial charge is 0.507 e. The minimum absolute atomic E-state index is 0.221. The highest BCUT2D eigenvalue weighted by atomic mass is 32.2. The number of benzene rings is 2. The van der Waals surface area contributed by atoms with E-state index in [-0.39, 0.29) is 5.75 Å². The lowest BCUT2D eigenvalue weighted by molar-refractivity contribution is 0.476. The monoisotopic (exact) mass is 281 g/mol. The van der Waals surface area contributed by atoms with Crippen LogP contribution < -0.4 is 0 Å². The van der Waals surface area contributed by atoms with E-state index in [4.69, 9.17) is 0 Å². The van der Waals surface area contributed by atoms with E-state index in [0.29, 0.717) is 11.4 Å². The van der Waals surface area contributed by atoms with Crippen LogP contribution in [0.3, 0.4) is 0 Å². The molecule has 0 bridgehead atoms. The van der Waals surface area contributed by atoms with Crippen LogP contribution in [-0.2, 0) is 5.75 Å². The average molecular weight is 281 g/mol. The Kier molecular flexibility index (Phi) is 2.53. The number of hydrogen-bond acceptors (Lipinski definition) is 4. The number of para-hydroxylation sites is 2. The summed E-state index contributed by atoms with van der Waals surface area (Å²) in [6.07, 6.45) is 0. The van der Waals surface area contributed by atoms with Gasteiger partial charge in [-0.1, -0.05) is 24.3 Å². The fourth-order valence-electron chi connectivity index (χ4n) is 2.41. The van der Waals surface area contributed by atoms with E-state index in [1.54, 1.807) is 23.9 Å². The highest BCUT2D eigenvalue weighted by Gasteiger charge is 2.23. The molecular weight excluding hydrogens is 270 g/mol. The van der Waals surface area contributed by atoms with E-state index < -0.39 is 0 Å². The third-order valence-corrected chi connectivity index (χ3v) is 4.40. The van der Waals surface area contributed by atoms with Crippen LogP contribution in [-0.4, -0.2) is 19.9 Å². The highest BCUT2D eigenvalue weighted by Crippen LogP contribution is 2.38. The van der Waals surface area contributed by atoms with E-state index in [0.717, 1.165) is 17.3 Å². The van der Waals surface area contributed by atoms with Crippen LogP contribution in [0.1, 0.15) is 5.82 Å². The molecule has 1 aromatic heterocycles. The van der Waals surface area contributed by atoms with Crippen molar-refractivity contribution in [2.24, 2.45) is 0 Å². The SMILES string of the molecule is Oc1ccccc1-c1nnc2n1-c1ccccc1SC2. The Bertz CT molecular complexity index is 797. The van der Waals surface area contributed by atoms with Crippen LogP contribution in [0.25, 0.3) is 17.1 Å². The molecule has 0 saturated carbocycles. The summed E-state index contributed by atoms with van der Waals surface area (Å²) in [4.78, 5) is 1.21. The maximum atomic E-state index is 10.0. The molecule has 0 radical (unpaired) electrons. The maximum Gasteiger partial charge on any atom is 0.172 e. The lowest BCUT2D eigenvalue weighted by atomic mass is 10.2. The quantitative estimate of drug-likeness (QED) is 0.744. The van der Waals surface area contributed by atoms with Crippen LogP contribution >= 0.6 is 11.8 Å². The molecule has 0 fully saturated rings. The molecule has 0 aliphatic carbocycles. The lowest BCUT2D eigenvalue weighted by Crippen LogP contribution is -2.07. The topological polar surface area (TPSA) is 50.9 Å². The minimum atomic E-state index is 0.221. The van der Waals surface area contributed by atoms with Gasteiger partial charge in [0.2, 0.25) is 0 Å². The molecule has 2 aromatic carbocycles. The number of nitrogens with zero attached hydrogens (tertiary/aromatic N) is 3. The second kappa shape index (κ2) is 4.38. The fraction of sp³-hybridized carbons (Fsp3) is 0.0667.